The quantitative estimate of drug-likeness (QED) is 0.456. The van der Waals surface area contributed by atoms with Crippen LogP contribution < -0.4 is 19.7 Å². The van der Waals surface area contributed by atoms with Crippen LogP contribution >= 0.6 is 0 Å². The van der Waals surface area contributed by atoms with Crippen molar-refractivity contribution in [3.63, 3.8) is 0 Å². The summed E-state index contributed by atoms with van der Waals surface area (Å²) < 4.78 is 26.8. The zero-order valence-electron chi connectivity index (χ0n) is 22.7. The Kier molecular flexibility index (Phi) is 8.21. The zero-order valence-corrected chi connectivity index (χ0v) is 22.7. The summed E-state index contributed by atoms with van der Waals surface area (Å²) in [4.78, 5) is 30.2. The first kappa shape index (κ1) is 26.8. The number of piperidine rings is 1. The fraction of sp³-hybridized carbons (Fsp3) is 0.448. The van der Waals surface area contributed by atoms with Crippen molar-refractivity contribution in [3.05, 3.63) is 65.6 Å². The first-order valence-corrected chi connectivity index (χ1v) is 13.6. The van der Waals surface area contributed by atoms with Crippen molar-refractivity contribution >= 4 is 11.7 Å². The van der Waals surface area contributed by atoms with Crippen molar-refractivity contribution in [2.45, 2.75) is 58.7 Å². The second kappa shape index (κ2) is 11.9. The molecule has 1 saturated heterocycles. The number of fused-ring (bicyclic) bond motifs is 1. The Morgan fingerprint density at radius 2 is 2.00 bits per heavy atom. The standard InChI is InChI=1S/C29H35FN6O3/c1-4-36(19(2)3)29(37)22-15-20(30)5-6-25(22)39-27-17-32-18-34-28(27)35-13-9-21(10-14-35)38-26-8-12-33-24-7-11-31-16-23(24)26/h5-6,8,12,15,17-19,21,31H,4,7,9-11,13-14,16H2,1-3H3. The number of aromatic nitrogens is 3. The van der Waals surface area contributed by atoms with Crippen molar-refractivity contribution in [1.82, 2.24) is 25.2 Å². The van der Waals surface area contributed by atoms with Crippen molar-refractivity contribution in [1.29, 1.82) is 0 Å². The van der Waals surface area contributed by atoms with Gasteiger partial charge in [0, 0.05) is 75.5 Å². The Bertz CT molecular complexity index is 1310. The molecule has 0 aliphatic carbocycles. The second-order valence-corrected chi connectivity index (χ2v) is 10.1. The molecular weight excluding hydrogens is 499 g/mol. The zero-order chi connectivity index (χ0) is 27.4. The van der Waals surface area contributed by atoms with Crippen LogP contribution in [-0.2, 0) is 13.0 Å². The van der Waals surface area contributed by atoms with Crippen LogP contribution in [0.4, 0.5) is 10.2 Å². The van der Waals surface area contributed by atoms with Crippen LogP contribution in [0.15, 0.2) is 43.0 Å². The molecule has 10 heteroatoms. The number of nitrogens with zero attached hydrogens (tertiary/aromatic N) is 5. The van der Waals surface area contributed by atoms with Crippen molar-refractivity contribution in [3.8, 4) is 17.2 Å². The van der Waals surface area contributed by atoms with E-state index in [9.17, 15) is 9.18 Å². The number of carbonyl (C=O) groups excluding carboxylic acids is 1. The summed E-state index contributed by atoms with van der Waals surface area (Å²) in [5.41, 5.74) is 2.43. The molecule has 0 saturated carbocycles. The summed E-state index contributed by atoms with van der Waals surface area (Å²) in [6.45, 7) is 9.41. The van der Waals surface area contributed by atoms with Gasteiger partial charge in [0.2, 0.25) is 0 Å². The van der Waals surface area contributed by atoms with E-state index in [2.05, 4.69) is 25.2 Å². The van der Waals surface area contributed by atoms with Crippen LogP contribution in [0.3, 0.4) is 0 Å². The van der Waals surface area contributed by atoms with Crippen molar-refractivity contribution in [2.24, 2.45) is 0 Å². The van der Waals surface area contributed by atoms with Crippen LogP contribution in [0.25, 0.3) is 0 Å². The van der Waals surface area contributed by atoms with Crippen LogP contribution in [0, 0.1) is 5.82 Å². The Morgan fingerprint density at radius 3 is 2.77 bits per heavy atom. The van der Waals surface area contributed by atoms with E-state index in [-0.39, 0.29) is 29.4 Å². The smallest absolute Gasteiger partial charge is 0.257 e. The lowest BCUT2D eigenvalue weighted by atomic mass is 10.0. The summed E-state index contributed by atoms with van der Waals surface area (Å²) in [5.74, 6) is 1.45. The molecule has 39 heavy (non-hydrogen) atoms. The summed E-state index contributed by atoms with van der Waals surface area (Å²) in [5, 5.41) is 3.40. The number of pyridine rings is 1. The van der Waals surface area contributed by atoms with Gasteiger partial charge in [-0.3, -0.25) is 9.78 Å². The molecule has 0 bridgehead atoms. The Balaban J connectivity index is 1.30. The van der Waals surface area contributed by atoms with Gasteiger partial charge in [-0.1, -0.05) is 0 Å². The van der Waals surface area contributed by atoms with Crippen LogP contribution in [0.5, 0.6) is 17.2 Å². The summed E-state index contributed by atoms with van der Waals surface area (Å²) >= 11 is 0. The molecule has 206 valence electrons. The number of rotatable bonds is 8. The van der Waals surface area contributed by atoms with Gasteiger partial charge in [-0.05, 0) is 45.0 Å². The minimum absolute atomic E-state index is 0.0355. The largest absolute Gasteiger partial charge is 0.490 e. The molecule has 2 aliphatic heterocycles. The molecule has 9 nitrogen and oxygen atoms in total. The molecule has 0 radical (unpaired) electrons. The molecule has 2 aliphatic rings. The minimum Gasteiger partial charge on any atom is -0.490 e. The minimum atomic E-state index is -0.497. The first-order chi connectivity index (χ1) is 18.9. The van der Waals surface area contributed by atoms with Crippen LogP contribution in [0.1, 0.15) is 55.2 Å². The van der Waals surface area contributed by atoms with Gasteiger partial charge in [-0.25, -0.2) is 14.4 Å². The molecule has 0 spiro atoms. The molecule has 4 heterocycles. The number of nitrogens with one attached hydrogen (secondary N) is 1. The van der Waals surface area contributed by atoms with Gasteiger partial charge in [-0.15, -0.1) is 0 Å². The lowest BCUT2D eigenvalue weighted by Gasteiger charge is -2.34. The lowest BCUT2D eigenvalue weighted by molar-refractivity contribution is 0.0713. The molecule has 1 amide bonds. The Labute approximate surface area is 228 Å². The third-order valence-electron chi connectivity index (χ3n) is 7.25. The number of halogens is 1. The van der Waals surface area contributed by atoms with Gasteiger partial charge in [-0.2, -0.15) is 0 Å². The molecule has 0 unspecified atom stereocenters. The molecule has 2 aromatic heterocycles. The SMILES string of the molecule is CCN(C(=O)c1cc(F)ccc1Oc1cncnc1N1CCC(Oc2ccnc3c2CNCC3)CC1)C(C)C. The fourth-order valence-electron chi connectivity index (χ4n) is 5.21. The highest BCUT2D eigenvalue weighted by Crippen LogP contribution is 2.34. The number of hydrogen-bond donors (Lipinski definition) is 1. The molecular formula is C29H35FN6O3. The highest BCUT2D eigenvalue weighted by atomic mass is 19.1. The number of anilines is 1. The van der Waals surface area contributed by atoms with E-state index >= 15 is 0 Å². The topological polar surface area (TPSA) is 92.7 Å². The van der Waals surface area contributed by atoms with Gasteiger partial charge in [0.1, 0.15) is 29.7 Å². The molecule has 0 atom stereocenters. The van der Waals surface area contributed by atoms with Crippen molar-refractivity contribution in [2.75, 3.05) is 31.1 Å². The molecule has 1 N–H and O–H groups in total. The van der Waals surface area contributed by atoms with Gasteiger partial charge >= 0.3 is 0 Å². The summed E-state index contributed by atoms with van der Waals surface area (Å²) in [6.07, 6.45) is 7.51. The molecule has 1 fully saturated rings. The van der Waals surface area contributed by atoms with Crippen molar-refractivity contribution < 1.29 is 18.7 Å². The monoisotopic (exact) mass is 534 g/mol. The van der Waals surface area contributed by atoms with E-state index in [1.807, 2.05) is 33.0 Å². The number of benzene rings is 1. The van der Waals surface area contributed by atoms with E-state index in [1.54, 1.807) is 11.1 Å². The van der Waals surface area contributed by atoms with Gasteiger partial charge < -0.3 is 24.6 Å². The predicted octanol–water partition coefficient (Wildman–Crippen LogP) is 4.37. The lowest BCUT2D eigenvalue weighted by Crippen LogP contribution is -2.39. The first-order valence-electron chi connectivity index (χ1n) is 13.6. The predicted molar refractivity (Wildman–Crippen MR) is 146 cm³/mol. The van der Waals surface area contributed by atoms with E-state index in [4.69, 9.17) is 9.47 Å². The maximum Gasteiger partial charge on any atom is 0.257 e. The highest BCUT2D eigenvalue weighted by molar-refractivity contribution is 5.97. The Morgan fingerprint density at radius 1 is 1.18 bits per heavy atom. The molecule has 3 aromatic rings. The normalized spacial score (nSPS) is 15.7. The average Bonchev–Trinajstić information content (AvgIpc) is 2.95. The van der Waals surface area contributed by atoms with Crippen LogP contribution in [-0.4, -0.2) is 64.1 Å². The third kappa shape index (κ3) is 5.95. The maximum absolute atomic E-state index is 14.2. The fourth-order valence-corrected chi connectivity index (χ4v) is 5.21. The molecule has 1 aromatic carbocycles. The number of carbonyl (C=O) groups is 1. The maximum atomic E-state index is 14.2. The highest BCUT2D eigenvalue weighted by Gasteiger charge is 2.27. The third-order valence-corrected chi connectivity index (χ3v) is 7.25. The van der Waals surface area contributed by atoms with E-state index in [1.165, 1.54) is 24.5 Å². The number of amides is 1. The van der Waals surface area contributed by atoms with Gasteiger partial charge in [0.15, 0.2) is 11.6 Å². The van der Waals surface area contributed by atoms with Gasteiger partial charge in [0.25, 0.3) is 5.91 Å². The van der Waals surface area contributed by atoms with E-state index in [0.29, 0.717) is 18.1 Å². The summed E-state index contributed by atoms with van der Waals surface area (Å²) in [7, 11) is 0. The molecule has 5 rings (SSSR count). The number of ether oxygens (including phenoxy) is 2. The van der Waals surface area contributed by atoms with Gasteiger partial charge in [0.05, 0.1) is 11.8 Å². The number of hydrogen-bond acceptors (Lipinski definition) is 8. The summed E-state index contributed by atoms with van der Waals surface area (Å²) in [6, 6.07) is 5.92. The Hall–Kier alpha value is -3.79. The van der Waals surface area contributed by atoms with E-state index < -0.39 is 5.82 Å². The average molecular weight is 535 g/mol. The van der Waals surface area contributed by atoms with E-state index in [0.717, 1.165) is 62.4 Å². The second-order valence-electron chi connectivity index (χ2n) is 10.1. The van der Waals surface area contributed by atoms with Crippen LogP contribution in [0.2, 0.25) is 0 Å².